The first-order valence-corrected chi connectivity index (χ1v) is 6.26. The number of phenols is 1. The zero-order valence-electron chi connectivity index (χ0n) is 10.2. The lowest BCUT2D eigenvalue weighted by Gasteiger charge is -2.11. The van der Waals surface area contributed by atoms with Gasteiger partial charge in [-0.05, 0) is 36.3 Å². The Morgan fingerprint density at radius 3 is 2.78 bits per heavy atom. The minimum atomic E-state index is -0.163. The topological polar surface area (TPSA) is 61.4 Å². The fourth-order valence-corrected chi connectivity index (χ4v) is 1.71. The van der Waals surface area contributed by atoms with Gasteiger partial charge in [0.05, 0.1) is 5.69 Å². The number of amides is 1. The van der Waals surface area contributed by atoms with Gasteiger partial charge in [-0.25, -0.2) is 0 Å². The molecule has 1 aromatic rings. The van der Waals surface area contributed by atoms with E-state index in [0.29, 0.717) is 17.1 Å². The van der Waals surface area contributed by atoms with E-state index in [1.807, 2.05) is 13.8 Å². The van der Waals surface area contributed by atoms with Gasteiger partial charge in [-0.3, -0.25) is 4.79 Å². The Morgan fingerprint density at radius 2 is 2.17 bits per heavy atom. The summed E-state index contributed by atoms with van der Waals surface area (Å²) < 4.78 is 0. The maximum absolute atomic E-state index is 11.5. The second kappa shape index (κ2) is 6.56. The Balaban J connectivity index is 2.59. The van der Waals surface area contributed by atoms with Crippen LogP contribution in [0.2, 0.25) is 5.02 Å². The van der Waals surface area contributed by atoms with Gasteiger partial charge in [-0.2, -0.15) is 0 Å². The highest BCUT2D eigenvalue weighted by Crippen LogP contribution is 2.26. The molecule has 0 heterocycles. The SMILES string of the molecule is CC(C)CC(=O)NC(=S)Nc1cc(Cl)ccc1O. The van der Waals surface area contributed by atoms with Crippen molar-refractivity contribution in [3.05, 3.63) is 23.2 Å². The molecule has 0 aliphatic carbocycles. The van der Waals surface area contributed by atoms with E-state index in [-0.39, 0.29) is 22.7 Å². The van der Waals surface area contributed by atoms with Gasteiger partial charge in [-0.1, -0.05) is 25.4 Å². The molecular weight excluding hydrogens is 272 g/mol. The van der Waals surface area contributed by atoms with Gasteiger partial charge < -0.3 is 15.7 Å². The summed E-state index contributed by atoms with van der Waals surface area (Å²) in [6, 6.07) is 4.53. The second-order valence-corrected chi connectivity index (χ2v) is 5.11. The van der Waals surface area contributed by atoms with Gasteiger partial charge in [0.15, 0.2) is 5.11 Å². The molecule has 0 aliphatic heterocycles. The molecule has 1 rings (SSSR count). The van der Waals surface area contributed by atoms with Crippen LogP contribution >= 0.6 is 23.8 Å². The molecule has 0 aromatic heterocycles. The molecule has 98 valence electrons. The average molecular weight is 287 g/mol. The van der Waals surface area contributed by atoms with Crippen LogP contribution in [0.15, 0.2) is 18.2 Å². The molecule has 6 heteroatoms. The number of thiocarbonyl (C=S) groups is 1. The van der Waals surface area contributed by atoms with Crippen molar-refractivity contribution in [2.24, 2.45) is 5.92 Å². The number of carbonyl (C=O) groups excluding carboxylic acids is 1. The summed E-state index contributed by atoms with van der Waals surface area (Å²) in [4.78, 5) is 11.5. The second-order valence-electron chi connectivity index (χ2n) is 4.26. The molecule has 0 saturated carbocycles. The lowest BCUT2D eigenvalue weighted by Crippen LogP contribution is -2.34. The summed E-state index contributed by atoms with van der Waals surface area (Å²) in [5, 5.41) is 15.4. The van der Waals surface area contributed by atoms with Gasteiger partial charge in [0.2, 0.25) is 5.91 Å². The monoisotopic (exact) mass is 286 g/mol. The normalized spacial score (nSPS) is 10.2. The van der Waals surface area contributed by atoms with Gasteiger partial charge in [0, 0.05) is 11.4 Å². The average Bonchev–Trinajstić information content (AvgIpc) is 2.21. The third kappa shape index (κ3) is 4.89. The summed E-state index contributed by atoms with van der Waals surface area (Å²) in [6.45, 7) is 3.89. The van der Waals surface area contributed by atoms with Crippen molar-refractivity contribution in [2.45, 2.75) is 20.3 Å². The number of benzene rings is 1. The van der Waals surface area contributed by atoms with Crippen molar-refractivity contribution in [2.75, 3.05) is 5.32 Å². The minimum absolute atomic E-state index is 0.0138. The Hall–Kier alpha value is -1.33. The number of phenolic OH excluding ortho intramolecular Hbond substituents is 1. The molecule has 3 N–H and O–H groups in total. The van der Waals surface area contributed by atoms with Crippen LogP contribution in [0.5, 0.6) is 5.75 Å². The smallest absolute Gasteiger partial charge is 0.226 e. The van der Waals surface area contributed by atoms with Crippen LogP contribution in [0, 0.1) is 5.92 Å². The van der Waals surface area contributed by atoms with E-state index in [2.05, 4.69) is 10.6 Å². The zero-order valence-corrected chi connectivity index (χ0v) is 11.7. The molecule has 0 aliphatic rings. The lowest BCUT2D eigenvalue weighted by atomic mass is 10.1. The summed E-state index contributed by atoms with van der Waals surface area (Å²) in [7, 11) is 0. The maximum atomic E-state index is 11.5. The molecule has 0 unspecified atom stereocenters. The first kappa shape index (κ1) is 14.7. The van der Waals surface area contributed by atoms with E-state index in [0.717, 1.165) is 0 Å². The Bertz CT molecular complexity index is 463. The number of hydrogen-bond donors (Lipinski definition) is 3. The summed E-state index contributed by atoms with van der Waals surface area (Å²) in [5.74, 6) is 0.108. The predicted molar refractivity (Wildman–Crippen MR) is 76.9 cm³/mol. The molecule has 0 fully saturated rings. The lowest BCUT2D eigenvalue weighted by molar-refractivity contribution is -0.120. The fraction of sp³-hybridized carbons (Fsp3) is 0.333. The molecule has 1 amide bonds. The van der Waals surface area contributed by atoms with Crippen LogP contribution < -0.4 is 10.6 Å². The molecule has 0 spiro atoms. The van der Waals surface area contributed by atoms with Crippen molar-refractivity contribution < 1.29 is 9.90 Å². The van der Waals surface area contributed by atoms with Crippen molar-refractivity contribution >= 4 is 40.5 Å². The number of anilines is 1. The Morgan fingerprint density at radius 1 is 1.50 bits per heavy atom. The standard InChI is InChI=1S/C12H15ClN2O2S/c1-7(2)5-11(17)15-12(18)14-9-6-8(13)3-4-10(9)16/h3-4,6-7,16H,5H2,1-2H3,(H2,14,15,17,18). The Labute approximate surface area is 116 Å². The highest BCUT2D eigenvalue weighted by Gasteiger charge is 2.09. The molecule has 0 radical (unpaired) electrons. The van der Waals surface area contributed by atoms with Crippen LogP contribution in [0.25, 0.3) is 0 Å². The van der Waals surface area contributed by atoms with E-state index in [1.54, 1.807) is 6.07 Å². The van der Waals surface area contributed by atoms with Crippen molar-refractivity contribution in [1.29, 1.82) is 0 Å². The summed E-state index contributed by atoms with van der Waals surface area (Å²) in [5.41, 5.74) is 0.359. The van der Waals surface area contributed by atoms with Crippen LogP contribution in [-0.4, -0.2) is 16.1 Å². The number of aromatic hydroxyl groups is 1. The van der Waals surface area contributed by atoms with Gasteiger partial charge >= 0.3 is 0 Å². The first-order valence-electron chi connectivity index (χ1n) is 5.48. The fourth-order valence-electron chi connectivity index (χ4n) is 1.31. The van der Waals surface area contributed by atoms with E-state index in [4.69, 9.17) is 23.8 Å². The van der Waals surface area contributed by atoms with Crippen molar-refractivity contribution in [3.8, 4) is 5.75 Å². The van der Waals surface area contributed by atoms with Gasteiger partial charge in [-0.15, -0.1) is 0 Å². The predicted octanol–water partition coefficient (Wildman–Crippen LogP) is 2.90. The zero-order chi connectivity index (χ0) is 13.7. The summed E-state index contributed by atoms with van der Waals surface area (Å²) >= 11 is 10.8. The van der Waals surface area contributed by atoms with E-state index in [1.165, 1.54) is 12.1 Å². The number of halogens is 1. The van der Waals surface area contributed by atoms with Crippen LogP contribution in [0.3, 0.4) is 0 Å². The quantitative estimate of drug-likeness (QED) is 0.591. The molecule has 0 atom stereocenters. The highest BCUT2D eigenvalue weighted by atomic mass is 35.5. The Kier molecular flexibility index (Phi) is 5.37. The maximum Gasteiger partial charge on any atom is 0.226 e. The molecular formula is C12H15ClN2O2S. The molecule has 0 saturated heterocycles. The third-order valence-corrected chi connectivity index (χ3v) is 2.49. The number of carbonyl (C=O) groups is 1. The number of nitrogens with one attached hydrogen (secondary N) is 2. The van der Waals surface area contributed by atoms with Crippen LogP contribution in [-0.2, 0) is 4.79 Å². The molecule has 4 nitrogen and oxygen atoms in total. The molecule has 0 bridgehead atoms. The van der Waals surface area contributed by atoms with Crippen LogP contribution in [0.1, 0.15) is 20.3 Å². The number of rotatable bonds is 3. The summed E-state index contributed by atoms with van der Waals surface area (Å²) in [6.07, 6.45) is 0.392. The molecule has 18 heavy (non-hydrogen) atoms. The van der Waals surface area contributed by atoms with E-state index in [9.17, 15) is 9.90 Å². The van der Waals surface area contributed by atoms with Gasteiger partial charge in [0.1, 0.15) is 5.75 Å². The highest BCUT2D eigenvalue weighted by molar-refractivity contribution is 7.80. The van der Waals surface area contributed by atoms with E-state index >= 15 is 0 Å². The van der Waals surface area contributed by atoms with Gasteiger partial charge in [0.25, 0.3) is 0 Å². The first-order chi connectivity index (χ1) is 8.38. The van der Waals surface area contributed by atoms with E-state index < -0.39 is 0 Å². The third-order valence-electron chi connectivity index (χ3n) is 2.05. The number of hydrogen-bond acceptors (Lipinski definition) is 3. The molecule has 1 aromatic carbocycles. The van der Waals surface area contributed by atoms with Crippen molar-refractivity contribution in [1.82, 2.24) is 5.32 Å². The minimum Gasteiger partial charge on any atom is -0.506 e. The van der Waals surface area contributed by atoms with Crippen molar-refractivity contribution in [3.63, 3.8) is 0 Å². The largest absolute Gasteiger partial charge is 0.506 e. The van der Waals surface area contributed by atoms with Crippen LogP contribution in [0.4, 0.5) is 5.69 Å².